The van der Waals surface area contributed by atoms with Crippen molar-refractivity contribution in [3.8, 4) is 0 Å². The van der Waals surface area contributed by atoms with Crippen molar-refractivity contribution in [1.82, 2.24) is 4.90 Å². The Morgan fingerprint density at radius 2 is 2.07 bits per heavy atom. The van der Waals surface area contributed by atoms with E-state index in [2.05, 4.69) is 6.92 Å². The maximum Gasteiger partial charge on any atom is 0.225 e. The van der Waals surface area contributed by atoms with E-state index in [9.17, 15) is 4.79 Å². The topological polar surface area (TPSA) is 55.6 Å². The van der Waals surface area contributed by atoms with Crippen molar-refractivity contribution in [2.75, 3.05) is 26.3 Å². The van der Waals surface area contributed by atoms with E-state index in [1.54, 1.807) is 0 Å². The SMILES string of the molecule is CCC1(N)CN(C(=O)C2CCOCC2)C1. The zero-order chi connectivity index (χ0) is 10.9. The van der Waals surface area contributed by atoms with E-state index in [1.165, 1.54) is 0 Å². The molecule has 2 fully saturated rings. The molecule has 0 aliphatic carbocycles. The van der Waals surface area contributed by atoms with Crippen LogP contribution < -0.4 is 5.73 Å². The monoisotopic (exact) mass is 212 g/mol. The molecule has 2 N–H and O–H groups in total. The summed E-state index contributed by atoms with van der Waals surface area (Å²) in [5, 5.41) is 0. The lowest BCUT2D eigenvalue weighted by molar-refractivity contribution is -0.146. The van der Waals surface area contributed by atoms with Gasteiger partial charge in [-0.25, -0.2) is 0 Å². The number of amides is 1. The molecule has 4 heteroatoms. The summed E-state index contributed by atoms with van der Waals surface area (Å²) in [6.45, 7) is 5.01. The number of likely N-dealkylation sites (tertiary alicyclic amines) is 1. The van der Waals surface area contributed by atoms with E-state index in [0.29, 0.717) is 0 Å². The number of carbonyl (C=O) groups excluding carboxylic acids is 1. The number of hydrogen-bond acceptors (Lipinski definition) is 3. The van der Waals surface area contributed by atoms with Crippen molar-refractivity contribution in [2.45, 2.75) is 31.7 Å². The summed E-state index contributed by atoms with van der Waals surface area (Å²) >= 11 is 0. The molecule has 1 amide bonds. The van der Waals surface area contributed by atoms with Gasteiger partial charge in [0.2, 0.25) is 5.91 Å². The highest BCUT2D eigenvalue weighted by molar-refractivity contribution is 5.80. The normalized spacial score (nSPS) is 26.1. The zero-order valence-corrected chi connectivity index (χ0v) is 9.37. The van der Waals surface area contributed by atoms with Crippen LogP contribution in [-0.4, -0.2) is 42.6 Å². The van der Waals surface area contributed by atoms with Crippen LogP contribution in [0.15, 0.2) is 0 Å². The van der Waals surface area contributed by atoms with E-state index in [1.807, 2.05) is 4.90 Å². The summed E-state index contributed by atoms with van der Waals surface area (Å²) in [5.41, 5.74) is 5.93. The van der Waals surface area contributed by atoms with Gasteiger partial charge in [-0.2, -0.15) is 0 Å². The number of ether oxygens (including phenoxy) is 1. The van der Waals surface area contributed by atoms with E-state index in [0.717, 1.165) is 45.6 Å². The fourth-order valence-electron chi connectivity index (χ4n) is 2.30. The van der Waals surface area contributed by atoms with Gasteiger partial charge in [-0.05, 0) is 19.3 Å². The average molecular weight is 212 g/mol. The minimum absolute atomic E-state index is 0.110. The first kappa shape index (κ1) is 10.9. The van der Waals surface area contributed by atoms with Gasteiger partial charge < -0.3 is 15.4 Å². The number of nitrogens with two attached hydrogens (primary N) is 1. The second-order valence-corrected chi connectivity index (χ2v) is 4.80. The minimum Gasteiger partial charge on any atom is -0.381 e. The molecule has 0 unspecified atom stereocenters. The van der Waals surface area contributed by atoms with Crippen LogP contribution in [0.3, 0.4) is 0 Å². The van der Waals surface area contributed by atoms with Crippen LogP contribution in [0.2, 0.25) is 0 Å². The van der Waals surface area contributed by atoms with Crippen molar-refractivity contribution in [2.24, 2.45) is 11.7 Å². The maximum absolute atomic E-state index is 12.0. The molecule has 0 aromatic heterocycles. The van der Waals surface area contributed by atoms with Crippen LogP contribution >= 0.6 is 0 Å². The van der Waals surface area contributed by atoms with Crippen LogP contribution in [-0.2, 0) is 9.53 Å². The predicted molar refractivity (Wildman–Crippen MR) is 57.3 cm³/mol. The quantitative estimate of drug-likeness (QED) is 0.719. The van der Waals surface area contributed by atoms with Gasteiger partial charge in [-0.15, -0.1) is 0 Å². The van der Waals surface area contributed by atoms with Crippen molar-refractivity contribution in [1.29, 1.82) is 0 Å². The molecule has 86 valence electrons. The second kappa shape index (κ2) is 4.10. The lowest BCUT2D eigenvalue weighted by Gasteiger charge is -2.48. The number of nitrogens with zero attached hydrogens (tertiary/aromatic N) is 1. The largest absolute Gasteiger partial charge is 0.381 e. The number of rotatable bonds is 2. The highest BCUT2D eigenvalue weighted by Crippen LogP contribution is 2.26. The van der Waals surface area contributed by atoms with E-state index >= 15 is 0 Å². The minimum atomic E-state index is -0.110. The van der Waals surface area contributed by atoms with Gasteiger partial charge in [0, 0.05) is 32.2 Å². The van der Waals surface area contributed by atoms with Crippen molar-refractivity contribution < 1.29 is 9.53 Å². The van der Waals surface area contributed by atoms with E-state index in [4.69, 9.17) is 10.5 Å². The van der Waals surface area contributed by atoms with Crippen molar-refractivity contribution in [3.05, 3.63) is 0 Å². The number of hydrogen-bond donors (Lipinski definition) is 1. The fraction of sp³-hybridized carbons (Fsp3) is 0.909. The molecule has 0 aromatic carbocycles. The van der Waals surface area contributed by atoms with Gasteiger partial charge in [0.1, 0.15) is 0 Å². The molecule has 0 aromatic rings. The first-order valence-corrected chi connectivity index (χ1v) is 5.80. The molecule has 2 rings (SSSR count). The summed E-state index contributed by atoms with van der Waals surface area (Å²) in [4.78, 5) is 13.9. The van der Waals surface area contributed by atoms with E-state index < -0.39 is 0 Å². The molecule has 2 aliphatic heterocycles. The first-order chi connectivity index (χ1) is 7.14. The summed E-state index contributed by atoms with van der Waals surface area (Å²) < 4.78 is 5.25. The van der Waals surface area contributed by atoms with E-state index in [-0.39, 0.29) is 17.4 Å². The van der Waals surface area contributed by atoms with Gasteiger partial charge in [0.25, 0.3) is 0 Å². The Hall–Kier alpha value is -0.610. The predicted octanol–water partition coefficient (Wildman–Crippen LogP) is 0.363. The second-order valence-electron chi connectivity index (χ2n) is 4.80. The molecule has 0 bridgehead atoms. The van der Waals surface area contributed by atoms with Crippen LogP contribution in [0.5, 0.6) is 0 Å². The molecule has 0 spiro atoms. The van der Waals surface area contributed by atoms with Gasteiger partial charge in [-0.3, -0.25) is 4.79 Å². The molecular weight excluding hydrogens is 192 g/mol. The standard InChI is InChI=1S/C11H20N2O2/c1-2-11(12)7-13(8-11)10(14)9-3-5-15-6-4-9/h9H,2-8,12H2,1H3. The summed E-state index contributed by atoms with van der Waals surface area (Å²) in [7, 11) is 0. The Bertz CT molecular complexity index is 243. The van der Waals surface area contributed by atoms with Crippen molar-refractivity contribution in [3.63, 3.8) is 0 Å². The van der Waals surface area contributed by atoms with Crippen molar-refractivity contribution >= 4 is 5.91 Å². The lowest BCUT2D eigenvalue weighted by atomic mass is 9.86. The molecule has 0 radical (unpaired) electrons. The molecule has 15 heavy (non-hydrogen) atoms. The average Bonchev–Trinajstić information content (AvgIpc) is 2.25. The molecule has 4 nitrogen and oxygen atoms in total. The summed E-state index contributed by atoms with van der Waals surface area (Å²) in [6.07, 6.45) is 2.70. The zero-order valence-electron chi connectivity index (χ0n) is 9.37. The molecular formula is C11H20N2O2. The fourth-order valence-corrected chi connectivity index (χ4v) is 2.30. The van der Waals surface area contributed by atoms with Crippen LogP contribution in [0, 0.1) is 5.92 Å². The smallest absolute Gasteiger partial charge is 0.225 e. The Balaban J connectivity index is 1.83. The summed E-state index contributed by atoms with van der Waals surface area (Å²) in [6, 6.07) is 0. The highest BCUT2D eigenvalue weighted by Gasteiger charge is 2.42. The third-order valence-corrected chi connectivity index (χ3v) is 3.60. The first-order valence-electron chi connectivity index (χ1n) is 5.80. The van der Waals surface area contributed by atoms with Crippen LogP contribution in [0.1, 0.15) is 26.2 Å². The molecule has 2 heterocycles. The maximum atomic E-state index is 12.0. The highest BCUT2D eigenvalue weighted by atomic mass is 16.5. The summed E-state index contributed by atoms with van der Waals surface area (Å²) in [5.74, 6) is 0.466. The van der Waals surface area contributed by atoms with Crippen LogP contribution in [0.4, 0.5) is 0 Å². The van der Waals surface area contributed by atoms with Gasteiger partial charge in [-0.1, -0.05) is 6.92 Å². The Kier molecular flexibility index (Phi) is 2.98. The Labute approximate surface area is 90.8 Å². The molecule has 0 atom stereocenters. The van der Waals surface area contributed by atoms with Gasteiger partial charge in [0.15, 0.2) is 0 Å². The third kappa shape index (κ3) is 2.16. The van der Waals surface area contributed by atoms with Gasteiger partial charge in [0.05, 0.1) is 5.54 Å². The van der Waals surface area contributed by atoms with Crippen LogP contribution in [0.25, 0.3) is 0 Å². The molecule has 2 saturated heterocycles. The molecule has 2 aliphatic rings. The third-order valence-electron chi connectivity index (χ3n) is 3.60. The number of carbonyl (C=O) groups is 1. The lowest BCUT2D eigenvalue weighted by Crippen LogP contribution is -2.69. The Morgan fingerprint density at radius 1 is 1.47 bits per heavy atom. The van der Waals surface area contributed by atoms with Gasteiger partial charge >= 0.3 is 0 Å². The molecule has 0 saturated carbocycles. The Morgan fingerprint density at radius 3 is 2.60 bits per heavy atom.